The number of anilines is 2. The van der Waals surface area contributed by atoms with Gasteiger partial charge >= 0.3 is 0 Å². The summed E-state index contributed by atoms with van der Waals surface area (Å²) in [5.41, 5.74) is 6.77. The first-order valence-corrected chi connectivity index (χ1v) is 6.92. The van der Waals surface area contributed by atoms with Gasteiger partial charge in [0.15, 0.2) is 0 Å². The maximum Gasteiger partial charge on any atom is 0.257 e. The molecular formula is C14H17N7. The van der Waals surface area contributed by atoms with Gasteiger partial charge < -0.3 is 10.6 Å². The molecule has 0 unspecified atom stereocenters. The molecule has 2 heterocycles. The summed E-state index contributed by atoms with van der Waals surface area (Å²) in [6.45, 7) is 5.71. The van der Waals surface area contributed by atoms with Crippen molar-refractivity contribution in [1.29, 1.82) is 0 Å². The van der Waals surface area contributed by atoms with Gasteiger partial charge in [0, 0.05) is 18.5 Å². The van der Waals surface area contributed by atoms with Crippen LogP contribution in [0.25, 0.3) is 16.9 Å². The van der Waals surface area contributed by atoms with Gasteiger partial charge in [-0.05, 0) is 19.9 Å². The molecule has 2 aromatic heterocycles. The monoisotopic (exact) mass is 283 g/mol. The van der Waals surface area contributed by atoms with E-state index in [0.29, 0.717) is 11.9 Å². The van der Waals surface area contributed by atoms with E-state index in [4.69, 9.17) is 5.73 Å². The van der Waals surface area contributed by atoms with Crippen LogP contribution in [-0.2, 0) is 0 Å². The Morgan fingerprint density at radius 2 is 1.86 bits per heavy atom. The minimum absolute atomic E-state index is 0.196. The summed E-state index contributed by atoms with van der Waals surface area (Å²) in [7, 11) is 0. The van der Waals surface area contributed by atoms with E-state index in [2.05, 4.69) is 20.1 Å². The van der Waals surface area contributed by atoms with Crippen molar-refractivity contribution in [3.63, 3.8) is 0 Å². The number of aromatic nitrogens is 5. The molecule has 0 spiro atoms. The Balaban J connectivity index is 2.14. The molecule has 0 amide bonds. The molecule has 21 heavy (non-hydrogen) atoms. The van der Waals surface area contributed by atoms with Crippen molar-refractivity contribution < 1.29 is 0 Å². The summed E-state index contributed by atoms with van der Waals surface area (Å²) in [4.78, 5) is 14.9. The number of rotatable bonds is 4. The van der Waals surface area contributed by atoms with Crippen LogP contribution in [0.15, 0.2) is 30.5 Å². The largest absolute Gasteiger partial charge is 0.368 e. The molecule has 108 valence electrons. The second kappa shape index (κ2) is 5.35. The van der Waals surface area contributed by atoms with E-state index in [0.717, 1.165) is 24.0 Å². The minimum atomic E-state index is 0.196. The van der Waals surface area contributed by atoms with Gasteiger partial charge in [-0.15, -0.1) is 0 Å². The first-order chi connectivity index (χ1) is 10.2. The molecule has 0 saturated heterocycles. The van der Waals surface area contributed by atoms with Crippen molar-refractivity contribution >= 4 is 22.8 Å². The molecule has 3 rings (SSSR count). The fraction of sp³-hybridized carbons (Fsp3) is 0.286. The van der Waals surface area contributed by atoms with Gasteiger partial charge in [-0.2, -0.15) is 24.7 Å². The van der Waals surface area contributed by atoms with E-state index in [1.807, 2.05) is 43.0 Å². The summed E-state index contributed by atoms with van der Waals surface area (Å²) in [6, 6.07) is 7.89. The predicted molar refractivity (Wildman–Crippen MR) is 82.4 cm³/mol. The fourth-order valence-electron chi connectivity index (χ4n) is 2.24. The normalized spacial score (nSPS) is 11.0. The van der Waals surface area contributed by atoms with Gasteiger partial charge in [-0.1, -0.05) is 18.2 Å². The molecule has 7 heteroatoms. The number of nitrogens with two attached hydrogens (primary N) is 1. The maximum absolute atomic E-state index is 5.83. The van der Waals surface area contributed by atoms with E-state index in [1.54, 1.807) is 10.9 Å². The Bertz CT molecular complexity index is 761. The molecule has 0 saturated carbocycles. The SMILES string of the molecule is CCN(CC)c1nc(N)nc(-n2ncc3ccccc32)n1. The fourth-order valence-corrected chi connectivity index (χ4v) is 2.24. The Hall–Kier alpha value is -2.70. The third-order valence-corrected chi connectivity index (χ3v) is 3.34. The zero-order valence-corrected chi connectivity index (χ0v) is 12.1. The number of fused-ring (bicyclic) bond motifs is 1. The topological polar surface area (TPSA) is 85.8 Å². The van der Waals surface area contributed by atoms with Crippen LogP contribution >= 0.6 is 0 Å². The summed E-state index contributed by atoms with van der Waals surface area (Å²) < 4.78 is 1.68. The van der Waals surface area contributed by atoms with E-state index in [1.165, 1.54) is 0 Å². The van der Waals surface area contributed by atoms with E-state index >= 15 is 0 Å². The summed E-state index contributed by atoms with van der Waals surface area (Å²) in [6.07, 6.45) is 1.78. The van der Waals surface area contributed by atoms with Crippen molar-refractivity contribution in [3.8, 4) is 5.95 Å². The predicted octanol–water partition coefficient (Wildman–Crippen LogP) is 1.64. The minimum Gasteiger partial charge on any atom is -0.368 e. The van der Waals surface area contributed by atoms with Crippen LogP contribution in [0.1, 0.15) is 13.8 Å². The van der Waals surface area contributed by atoms with Crippen LogP contribution in [0, 0.1) is 0 Å². The molecule has 0 aliphatic heterocycles. The number of hydrogen-bond acceptors (Lipinski definition) is 6. The smallest absolute Gasteiger partial charge is 0.257 e. The standard InChI is InChI=1S/C14H17N7/c1-3-20(4-2)13-17-12(15)18-14(19-13)21-11-8-6-5-7-10(11)9-16-21/h5-9H,3-4H2,1-2H3,(H2,15,17,18,19). The summed E-state index contributed by atoms with van der Waals surface area (Å²) in [5, 5.41) is 5.38. The first-order valence-electron chi connectivity index (χ1n) is 6.92. The maximum atomic E-state index is 5.83. The highest BCUT2D eigenvalue weighted by Crippen LogP contribution is 2.17. The van der Waals surface area contributed by atoms with Crippen molar-refractivity contribution in [2.45, 2.75) is 13.8 Å². The molecule has 0 radical (unpaired) electrons. The highest BCUT2D eigenvalue weighted by Gasteiger charge is 2.13. The van der Waals surface area contributed by atoms with Crippen LogP contribution in [0.2, 0.25) is 0 Å². The Morgan fingerprint density at radius 1 is 1.10 bits per heavy atom. The number of nitrogens with zero attached hydrogens (tertiary/aromatic N) is 6. The van der Waals surface area contributed by atoms with Gasteiger partial charge in [-0.3, -0.25) is 0 Å². The van der Waals surface area contributed by atoms with Gasteiger partial charge in [0.25, 0.3) is 5.95 Å². The van der Waals surface area contributed by atoms with E-state index < -0.39 is 0 Å². The Kier molecular flexibility index (Phi) is 3.39. The zero-order chi connectivity index (χ0) is 14.8. The molecule has 7 nitrogen and oxygen atoms in total. The van der Waals surface area contributed by atoms with Crippen molar-refractivity contribution in [3.05, 3.63) is 30.5 Å². The van der Waals surface area contributed by atoms with Gasteiger partial charge in [0.05, 0.1) is 11.7 Å². The Labute approximate surface area is 122 Å². The summed E-state index contributed by atoms with van der Waals surface area (Å²) >= 11 is 0. The molecule has 0 aliphatic rings. The number of benzene rings is 1. The molecule has 1 aromatic carbocycles. The molecular weight excluding hydrogens is 266 g/mol. The number of hydrogen-bond donors (Lipinski definition) is 1. The van der Waals surface area contributed by atoms with Gasteiger partial charge in [-0.25, -0.2) is 0 Å². The molecule has 2 N–H and O–H groups in total. The van der Waals surface area contributed by atoms with Crippen LogP contribution in [0.3, 0.4) is 0 Å². The van der Waals surface area contributed by atoms with E-state index in [-0.39, 0.29) is 5.95 Å². The number of nitrogen functional groups attached to an aromatic ring is 1. The molecule has 0 fully saturated rings. The lowest BCUT2D eigenvalue weighted by Crippen LogP contribution is -2.25. The molecule has 3 aromatic rings. The average Bonchev–Trinajstić information content (AvgIpc) is 2.92. The Morgan fingerprint density at radius 3 is 2.62 bits per heavy atom. The van der Waals surface area contributed by atoms with Crippen LogP contribution < -0.4 is 10.6 Å². The highest BCUT2D eigenvalue weighted by atomic mass is 15.4. The molecule has 0 atom stereocenters. The van der Waals surface area contributed by atoms with Gasteiger partial charge in [0.1, 0.15) is 0 Å². The first kappa shape index (κ1) is 13.3. The molecule has 0 aliphatic carbocycles. The van der Waals surface area contributed by atoms with Crippen LogP contribution in [0.5, 0.6) is 0 Å². The summed E-state index contributed by atoms with van der Waals surface area (Å²) in [5.74, 6) is 1.20. The number of para-hydroxylation sites is 1. The quantitative estimate of drug-likeness (QED) is 0.783. The third-order valence-electron chi connectivity index (χ3n) is 3.34. The van der Waals surface area contributed by atoms with Gasteiger partial charge in [0.2, 0.25) is 11.9 Å². The van der Waals surface area contributed by atoms with E-state index in [9.17, 15) is 0 Å². The third kappa shape index (κ3) is 2.37. The lowest BCUT2D eigenvalue weighted by Gasteiger charge is -2.18. The average molecular weight is 283 g/mol. The highest BCUT2D eigenvalue weighted by molar-refractivity contribution is 5.79. The lowest BCUT2D eigenvalue weighted by atomic mass is 10.3. The van der Waals surface area contributed by atoms with Crippen LogP contribution in [0.4, 0.5) is 11.9 Å². The van der Waals surface area contributed by atoms with Crippen LogP contribution in [-0.4, -0.2) is 37.8 Å². The molecule has 0 bridgehead atoms. The lowest BCUT2D eigenvalue weighted by molar-refractivity contribution is 0.776. The second-order valence-electron chi connectivity index (χ2n) is 4.58. The van der Waals surface area contributed by atoms with Crippen molar-refractivity contribution in [2.24, 2.45) is 0 Å². The van der Waals surface area contributed by atoms with Crippen molar-refractivity contribution in [2.75, 3.05) is 23.7 Å². The van der Waals surface area contributed by atoms with Crippen molar-refractivity contribution in [1.82, 2.24) is 24.7 Å². The second-order valence-corrected chi connectivity index (χ2v) is 4.58. The zero-order valence-electron chi connectivity index (χ0n) is 12.1.